The standard InChI is InChI=1S/C13H19N3O/c1-10(11-6-2-4-8-14-11)16-12-7-3-5-9-15-13(12)17/h2,4,6,8,10,12,16H,3,5,7,9H2,1H3,(H,15,17). The molecule has 1 aromatic heterocycles. The van der Waals surface area contributed by atoms with Crippen molar-refractivity contribution >= 4 is 5.91 Å². The molecule has 2 unspecified atom stereocenters. The van der Waals surface area contributed by atoms with Crippen LogP contribution in [0.1, 0.15) is 37.9 Å². The molecule has 2 atom stereocenters. The molecule has 0 aliphatic carbocycles. The molecule has 0 radical (unpaired) electrons. The number of nitrogens with one attached hydrogen (secondary N) is 2. The van der Waals surface area contributed by atoms with Gasteiger partial charge in [-0.1, -0.05) is 6.07 Å². The van der Waals surface area contributed by atoms with Gasteiger partial charge < -0.3 is 5.32 Å². The molecule has 1 saturated heterocycles. The van der Waals surface area contributed by atoms with Gasteiger partial charge in [0.05, 0.1) is 11.7 Å². The summed E-state index contributed by atoms with van der Waals surface area (Å²) in [6, 6.07) is 5.86. The van der Waals surface area contributed by atoms with Crippen LogP contribution >= 0.6 is 0 Å². The molecule has 0 bridgehead atoms. The molecule has 4 heteroatoms. The number of rotatable bonds is 3. The maximum absolute atomic E-state index is 11.8. The van der Waals surface area contributed by atoms with Gasteiger partial charge in [-0.15, -0.1) is 0 Å². The van der Waals surface area contributed by atoms with Crippen molar-refractivity contribution in [3.63, 3.8) is 0 Å². The quantitative estimate of drug-likeness (QED) is 0.829. The second-order valence-corrected chi connectivity index (χ2v) is 4.48. The monoisotopic (exact) mass is 233 g/mol. The van der Waals surface area contributed by atoms with Gasteiger partial charge in [0.25, 0.3) is 0 Å². The van der Waals surface area contributed by atoms with Gasteiger partial charge in [0.15, 0.2) is 0 Å². The lowest BCUT2D eigenvalue weighted by Gasteiger charge is -2.20. The first-order chi connectivity index (χ1) is 8.27. The molecule has 2 N–H and O–H groups in total. The maximum Gasteiger partial charge on any atom is 0.237 e. The Kier molecular flexibility index (Phi) is 4.09. The Hall–Kier alpha value is -1.42. The van der Waals surface area contributed by atoms with Crippen LogP contribution < -0.4 is 10.6 Å². The minimum Gasteiger partial charge on any atom is -0.355 e. The lowest BCUT2D eigenvalue weighted by Crippen LogP contribution is -2.43. The number of carbonyl (C=O) groups excluding carboxylic acids is 1. The topological polar surface area (TPSA) is 54.0 Å². The van der Waals surface area contributed by atoms with Gasteiger partial charge in [-0.25, -0.2) is 0 Å². The summed E-state index contributed by atoms with van der Waals surface area (Å²) in [4.78, 5) is 16.1. The molecule has 2 heterocycles. The van der Waals surface area contributed by atoms with Gasteiger partial charge in [0, 0.05) is 18.8 Å². The summed E-state index contributed by atoms with van der Waals surface area (Å²) in [5.41, 5.74) is 0.976. The zero-order valence-corrected chi connectivity index (χ0v) is 10.1. The zero-order chi connectivity index (χ0) is 12.1. The Bertz CT molecular complexity index is 366. The SMILES string of the molecule is CC(NC1CCCCNC1=O)c1ccccn1. The highest BCUT2D eigenvalue weighted by atomic mass is 16.2. The molecule has 92 valence electrons. The first kappa shape index (κ1) is 12.0. The number of hydrogen-bond acceptors (Lipinski definition) is 3. The van der Waals surface area contributed by atoms with Gasteiger partial charge in [0.1, 0.15) is 0 Å². The van der Waals surface area contributed by atoms with Crippen molar-refractivity contribution in [1.82, 2.24) is 15.6 Å². The molecule has 17 heavy (non-hydrogen) atoms. The van der Waals surface area contributed by atoms with E-state index in [1.54, 1.807) is 6.20 Å². The summed E-state index contributed by atoms with van der Waals surface area (Å²) in [7, 11) is 0. The molecule has 4 nitrogen and oxygen atoms in total. The van der Waals surface area contributed by atoms with Crippen LogP contribution in [0, 0.1) is 0 Å². The van der Waals surface area contributed by atoms with E-state index < -0.39 is 0 Å². The van der Waals surface area contributed by atoms with Gasteiger partial charge in [-0.05, 0) is 38.3 Å². The Morgan fingerprint density at radius 3 is 3.12 bits per heavy atom. The minimum absolute atomic E-state index is 0.0884. The average Bonchev–Trinajstić information content (AvgIpc) is 2.56. The highest BCUT2D eigenvalue weighted by Crippen LogP contribution is 2.13. The Morgan fingerprint density at radius 2 is 2.35 bits per heavy atom. The number of amides is 1. The molecular weight excluding hydrogens is 214 g/mol. The average molecular weight is 233 g/mol. The van der Waals surface area contributed by atoms with Crippen molar-refractivity contribution in [1.29, 1.82) is 0 Å². The van der Waals surface area contributed by atoms with Gasteiger partial charge in [-0.3, -0.25) is 15.1 Å². The van der Waals surface area contributed by atoms with E-state index in [0.717, 1.165) is 31.5 Å². The molecule has 0 aromatic carbocycles. The van der Waals surface area contributed by atoms with Crippen LogP contribution in [0.15, 0.2) is 24.4 Å². The van der Waals surface area contributed by atoms with Crippen molar-refractivity contribution in [3.05, 3.63) is 30.1 Å². The highest BCUT2D eigenvalue weighted by molar-refractivity contribution is 5.81. The Balaban J connectivity index is 1.97. The third-order valence-electron chi connectivity index (χ3n) is 3.12. The highest BCUT2D eigenvalue weighted by Gasteiger charge is 2.22. The first-order valence-electron chi connectivity index (χ1n) is 6.22. The number of nitrogens with zero attached hydrogens (tertiary/aromatic N) is 1. The first-order valence-corrected chi connectivity index (χ1v) is 6.22. The number of carbonyl (C=O) groups is 1. The molecule has 0 saturated carbocycles. The van der Waals surface area contributed by atoms with Crippen molar-refractivity contribution in [3.8, 4) is 0 Å². The minimum atomic E-state index is -0.0884. The van der Waals surface area contributed by atoms with E-state index in [-0.39, 0.29) is 18.0 Å². The fraction of sp³-hybridized carbons (Fsp3) is 0.538. The predicted molar refractivity (Wildman–Crippen MR) is 66.4 cm³/mol. The van der Waals surface area contributed by atoms with E-state index in [1.165, 1.54) is 0 Å². The molecule has 1 amide bonds. The Morgan fingerprint density at radius 1 is 1.47 bits per heavy atom. The molecule has 1 aliphatic heterocycles. The molecule has 0 spiro atoms. The number of pyridine rings is 1. The fourth-order valence-corrected chi connectivity index (χ4v) is 2.12. The van der Waals surface area contributed by atoms with Crippen LogP contribution in [0.2, 0.25) is 0 Å². The second-order valence-electron chi connectivity index (χ2n) is 4.48. The third kappa shape index (κ3) is 3.27. The van der Waals surface area contributed by atoms with Crippen molar-refractivity contribution in [2.75, 3.05) is 6.54 Å². The zero-order valence-electron chi connectivity index (χ0n) is 10.1. The van der Waals surface area contributed by atoms with E-state index in [0.29, 0.717) is 0 Å². The molecule has 1 fully saturated rings. The lowest BCUT2D eigenvalue weighted by molar-refractivity contribution is -0.123. The number of hydrogen-bond donors (Lipinski definition) is 2. The van der Waals surface area contributed by atoms with Crippen LogP contribution in [-0.4, -0.2) is 23.5 Å². The fourth-order valence-electron chi connectivity index (χ4n) is 2.12. The summed E-state index contributed by atoms with van der Waals surface area (Å²) < 4.78 is 0. The summed E-state index contributed by atoms with van der Waals surface area (Å²) in [6.07, 6.45) is 4.84. The van der Waals surface area contributed by atoms with E-state index in [9.17, 15) is 4.79 Å². The molecule has 1 aliphatic rings. The van der Waals surface area contributed by atoms with E-state index in [4.69, 9.17) is 0 Å². The van der Waals surface area contributed by atoms with Crippen molar-refractivity contribution in [2.45, 2.75) is 38.3 Å². The Labute approximate surface area is 102 Å². The van der Waals surface area contributed by atoms with Crippen LogP contribution in [0.25, 0.3) is 0 Å². The molecule has 1 aromatic rings. The van der Waals surface area contributed by atoms with Gasteiger partial charge >= 0.3 is 0 Å². The van der Waals surface area contributed by atoms with E-state index in [1.807, 2.05) is 25.1 Å². The third-order valence-corrected chi connectivity index (χ3v) is 3.12. The predicted octanol–water partition coefficient (Wildman–Crippen LogP) is 1.40. The van der Waals surface area contributed by atoms with E-state index >= 15 is 0 Å². The van der Waals surface area contributed by atoms with Crippen LogP contribution in [0.5, 0.6) is 0 Å². The molecule has 2 rings (SSSR count). The smallest absolute Gasteiger partial charge is 0.237 e. The van der Waals surface area contributed by atoms with Crippen LogP contribution in [0.4, 0.5) is 0 Å². The largest absolute Gasteiger partial charge is 0.355 e. The summed E-state index contributed by atoms with van der Waals surface area (Å²) in [5.74, 6) is 0.116. The van der Waals surface area contributed by atoms with Gasteiger partial charge in [-0.2, -0.15) is 0 Å². The number of aromatic nitrogens is 1. The van der Waals surface area contributed by atoms with Crippen molar-refractivity contribution in [2.24, 2.45) is 0 Å². The van der Waals surface area contributed by atoms with Crippen LogP contribution in [0.3, 0.4) is 0 Å². The molecular formula is C13H19N3O. The summed E-state index contributed by atoms with van der Waals surface area (Å²) in [5, 5.41) is 6.28. The normalized spacial score (nSPS) is 22.6. The van der Waals surface area contributed by atoms with Crippen LogP contribution in [-0.2, 0) is 4.79 Å². The maximum atomic E-state index is 11.8. The lowest BCUT2D eigenvalue weighted by atomic mass is 10.1. The second kappa shape index (κ2) is 5.77. The van der Waals surface area contributed by atoms with E-state index in [2.05, 4.69) is 15.6 Å². The van der Waals surface area contributed by atoms with Gasteiger partial charge in [0.2, 0.25) is 5.91 Å². The summed E-state index contributed by atoms with van der Waals surface area (Å²) in [6.45, 7) is 2.84. The summed E-state index contributed by atoms with van der Waals surface area (Å²) >= 11 is 0. The van der Waals surface area contributed by atoms with Crippen molar-refractivity contribution < 1.29 is 4.79 Å².